The second kappa shape index (κ2) is 6.55. The highest BCUT2D eigenvalue weighted by atomic mass is 32.1. The van der Waals surface area contributed by atoms with E-state index in [1.165, 1.54) is 11.3 Å². The van der Waals surface area contributed by atoms with E-state index in [-0.39, 0.29) is 12.1 Å². The second-order valence-electron chi connectivity index (χ2n) is 5.14. The van der Waals surface area contributed by atoms with E-state index in [2.05, 4.69) is 4.98 Å². The summed E-state index contributed by atoms with van der Waals surface area (Å²) in [7, 11) is 1.61. The van der Waals surface area contributed by atoms with Crippen LogP contribution in [0.15, 0.2) is 23.6 Å². The van der Waals surface area contributed by atoms with Gasteiger partial charge in [0.2, 0.25) is 0 Å². The van der Waals surface area contributed by atoms with Crippen molar-refractivity contribution in [2.45, 2.75) is 25.5 Å². The highest BCUT2D eigenvalue weighted by molar-refractivity contribution is 7.09. The molecule has 0 amide bonds. The SMILES string of the molecule is CCOC(=O)c1csc([C@@H]2C[C@H](N)c3ccc(OC)cc3O2)n1. The summed E-state index contributed by atoms with van der Waals surface area (Å²) >= 11 is 1.37. The van der Waals surface area contributed by atoms with Gasteiger partial charge in [-0.2, -0.15) is 0 Å². The molecule has 7 heteroatoms. The zero-order valence-corrected chi connectivity index (χ0v) is 13.8. The third-order valence-corrected chi connectivity index (χ3v) is 4.58. The van der Waals surface area contributed by atoms with E-state index in [1.807, 2.05) is 18.2 Å². The average molecular weight is 334 g/mol. The van der Waals surface area contributed by atoms with E-state index in [1.54, 1.807) is 19.4 Å². The minimum Gasteiger partial charge on any atom is -0.497 e. The van der Waals surface area contributed by atoms with Gasteiger partial charge >= 0.3 is 5.97 Å². The molecule has 0 saturated heterocycles. The van der Waals surface area contributed by atoms with Gasteiger partial charge in [-0.25, -0.2) is 9.78 Å². The molecule has 2 atom stereocenters. The van der Waals surface area contributed by atoms with Crippen LogP contribution in [0.5, 0.6) is 11.5 Å². The summed E-state index contributed by atoms with van der Waals surface area (Å²) in [6.45, 7) is 2.09. The molecule has 1 aromatic heterocycles. The van der Waals surface area contributed by atoms with E-state index >= 15 is 0 Å². The number of carbonyl (C=O) groups is 1. The minimum absolute atomic E-state index is 0.149. The van der Waals surface area contributed by atoms with Crippen molar-refractivity contribution in [1.82, 2.24) is 4.98 Å². The quantitative estimate of drug-likeness (QED) is 0.866. The Labute approximate surface area is 138 Å². The van der Waals surface area contributed by atoms with Gasteiger partial charge in [0.25, 0.3) is 0 Å². The van der Waals surface area contributed by atoms with Crippen molar-refractivity contribution in [2.24, 2.45) is 5.73 Å². The molecule has 0 saturated carbocycles. The van der Waals surface area contributed by atoms with Crippen LogP contribution in [0.2, 0.25) is 0 Å². The van der Waals surface area contributed by atoms with Crippen molar-refractivity contribution in [2.75, 3.05) is 13.7 Å². The van der Waals surface area contributed by atoms with Crippen LogP contribution in [0.25, 0.3) is 0 Å². The molecule has 0 bridgehead atoms. The van der Waals surface area contributed by atoms with Crippen molar-refractivity contribution >= 4 is 17.3 Å². The van der Waals surface area contributed by atoms with Crippen molar-refractivity contribution < 1.29 is 19.0 Å². The summed E-state index contributed by atoms with van der Waals surface area (Å²) in [5, 5.41) is 2.40. The maximum Gasteiger partial charge on any atom is 0.357 e. The summed E-state index contributed by atoms with van der Waals surface area (Å²) in [4.78, 5) is 16.1. The first-order valence-corrected chi connectivity index (χ1v) is 8.23. The predicted molar refractivity (Wildman–Crippen MR) is 86.0 cm³/mol. The molecule has 0 aliphatic carbocycles. The molecule has 1 aliphatic heterocycles. The first kappa shape index (κ1) is 15.8. The van der Waals surface area contributed by atoms with Crippen LogP contribution in [0.1, 0.15) is 46.5 Å². The van der Waals surface area contributed by atoms with E-state index in [0.29, 0.717) is 30.2 Å². The van der Waals surface area contributed by atoms with Gasteiger partial charge in [-0.3, -0.25) is 0 Å². The number of esters is 1. The first-order chi connectivity index (χ1) is 11.1. The molecule has 0 spiro atoms. The summed E-state index contributed by atoms with van der Waals surface area (Å²) in [5.74, 6) is 0.987. The number of nitrogens with two attached hydrogens (primary N) is 1. The Kier molecular flexibility index (Phi) is 4.49. The molecule has 0 fully saturated rings. The third kappa shape index (κ3) is 3.16. The summed E-state index contributed by atoms with van der Waals surface area (Å²) in [6.07, 6.45) is 0.326. The highest BCUT2D eigenvalue weighted by Crippen LogP contribution is 2.41. The predicted octanol–water partition coefficient (Wildman–Crippen LogP) is 2.85. The summed E-state index contributed by atoms with van der Waals surface area (Å²) in [5.41, 5.74) is 7.50. The average Bonchev–Trinajstić information content (AvgIpc) is 3.04. The fraction of sp³-hybridized carbons (Fsp3) is 0.375. The van der Waals surface area contributed by atoms with Gasteiger partial charge in [0, 0.05) is 29.5 Å². The standard InChI is InChI=1S/C16H18N2O4S/c1-3-21-16(19)12-8-23-15(18-12)14-7-11(17)10-5-4-9(20-2)6-13(10)22-14/h4-6,8,11,14H,3,7,17H2,1-2H3/t11-,14-/m0/s1. The van der Waals surface area contributed by atoms with E-state index in [9.17, 15) is 4.79 Å². The number of ether oxygens (including phenoxy) is 3. The Morgan fingerprint density at radius 1 is 1.52 bits per heavy atom. The topological polar surface area (TPSA) is 83.7 Å². The maximum absolute atomic E-state index is 11.7. The van der Waals surface area contributed by atoms with Crippen LogP contribution in [0.4, 0.5) is 0 Å². The molecule has 0 unspecified atom stereocenters. The lowest BCUT2D eigenvalue weighted by Crippen LogP contribution is -2.24. The van der Waals surface area contributed by atoms with E-state index in [4.69, 9.17) is 19.9 Å². The molecule has 2 heterocycles. The lowest BCUT2D eigenvalue weighted by atomic mass is 9.97. The Morgan fingerprint density at radius 3 is 3.09 bits per heavy atom. The van der Waals surface area contributed by atoms with Crippen LogP contribution in [-0.4, -0.2) is 24.7 Å². The van der Waals surface area contributed by atoms with Gasteiger partial charge in [-0.05, 0) is 13.0 Å². The van der Waals surface area contributed by atoms with Crippen LogP contribution in [0.3, 0.4) is 0 Å². The van der Waals surface area contributed by atoms with Crippen molar-refractivity contribution in [3.63, 3.8) is 0 Å². The van der Waals surface area contributed by atoms with E-state index in [0.717, 1.165) is 10.6 Å². The van der Waals surface area contributed by atoms with E-state index < -0.39 is 5.97 Å². The zero-order valence-electron chi connectivity index (χ0n) is 12.9. The molecule has 23 heavy (non-hydrogen) atoms. The number of rotatable bonds is 4. The molecule has 2 N–H and O–H groups in total. The lowest BCUT2D eigenvalue weighted by Gasteiger charge is -2.29. The third-order valence-electron chi connectivity index (χ3n) is 3.64. The number of methoxy groups -OCH3 is 1. The van der Waals surface area contributed by atoms with Gasteiger partial charge in [0.1, 0.15) is 16.5 Å². The molecule has 0 radical (unpaired) electrons. The molecular weight excluding hydrogens is 316 g/mol. The molecule has 122 valence electrons. The lowest BCUT2D eigenvalue weighted by molar-refractivity contribution is 0.0519. The fourth-order valence-electron chi connectivity index (χ4n) is 2.49. The Morgan fingerprint density at radius 2 is 2.35 bits per heavy atom. The van der Waals surface area contributed by atoms with Crippen molar-refractivity contribution in [1.29, 1.82) is 0 Å². The number of aromatic nitrogens is 1. The molecule has 1 aliphatic rings. The van der Waals surface area contributed by atoms with Crippen LogP contribution in [0, 0.1) is 0 Å². The Bertz CT molecular complexity index is 716. The smallest absolute Gasteiger partial charge is 0.357 e. The van der Waals surface area contributed by atoms with Gasteiger partial charge in [0.05, 0.1) is 13.7 Å². The van der Waals surface area contributed by atoms with Gasteiger partial charge in [-0.15, -0.1) is 11.3 Å². The maximum atomic E-state index is 11.7. The Balaban J connectivity index is 1.83. The monoisotopic (exact) mass is 334 g/mol. The van der Waals surface area contributed by atoms with Crippen molar-refractivity contribution in [3.05, 3.63) is 39.8 Å². The molecular formula is C16H18N2O4S. The number of benzene rings is 1. The second-order valence-corrected chi connectivity index (χ2v) is 6.03. The fourth-order valence-corrected chi connectivity index (χ4v) is 3.32. The number of thiazole rings is 1. The number of fused-ring (bicyclic) bond motifs is 1. The van der Waals surface area contributed by atoms with Gasteiger partial charge in [0.15, 0.2) is 11.8 Å². The molecule has 6 nitrogen and oxygen atoms in total. The van der Waals surface area contributed by atoms with Crippen LogP contribution >= 0.6 is 11.3 Å². The minimum atomic E-state index is -0.419. The molecule has 2 aromatic rings. The summed E-state index contributed by atoms with van der Waals surface area (Å²) < 4.78 is 16.2. The largest absolute Gasteiger partial charge is 0.497 e. The highest BCUT2D eigenvalue weighted by Gasteiger charge is 2.30. The van der Waals surface area contributed by atoms with Gasteiger partial charge in [-0.1, -0.05) is 6.07 Å². The van der Waals surface area contributed by atoms with Gasteiger partial charge < -0.3 is 19.9 Å². The number of nitrogens with zero attached hydrogens (tertiary/aromatic N) is 1. The number of hydrogen-bond acceptors (Lipinski definition) is 7. The normalized spacial score (nSPS) is 19.6. The molecule has 3 rings (SSSR count). The zero-order chi connectivity index (χ0) is 16.4. The molecule has 1 aromatic carbocycles. The Hall–Kier alpha value is -2.12. The first-order valence-electron chi connectivity index (χ1n) is 7.35. The number of hydrogen-bond donors (Lipinski definition) is 1. The van der Waals surface area contributed by atoms with Crippen LogP contribution < -0.4 is 15.2 Å². The van der Waals surface area contributed by atoms with Crippen LogP contribution in [-0.2, 0) is 4.74 Å². The number of carbonyl (C=O) groups excluding carboxylic acids is 1. The summed E-state index contributed by atoms with van der Waals surface area (Å²) in [6, 6.07) is 5.46. The van der Waals surface area contributed by atoms with Crippen molar-refractivity contribution in [3.8, 4) is 11.5 Å².